The molecule has 0 bridgehead atoms. The standard InChI is InChI=1S/C22H24O5/c1-17(23)27-20-12-13-25-21(16-24-14-18-8-4-2-5-9-18)22(20)26-15-19-10-6-3-7-11-19/h2-13,20-22H,14-16H2,1H3/t20-,21-,22-/m1/s1. The highest BCUT2D eigenvalue weighted by atomic mass is 16.6. The number of ether oxygens (including phenoxy) is 4. The van der Waals surface area contributed by atoms with Crippen LogP contribution in [0.4, 0.5) is 0 Å². The van der Waals surface area contributed by atoms with Crippen molar-refractivity contribution in [1.82, 2.24) is 0 Å². The maximum atomic E-state index is 11.5. The molecule has 0 aliphatic carbocycles. The molecule has 3 rings (SSSR count). The highest BCUT2D eigenvalue weighted by Crippen LogP contribution is 2.21. The van der Waals surface area contributed by atoms with Crippen LogP contribution in [0.1, 0.15) is 18.1 Å². The van der Waals surface area contributed by atoms with Crippen molar-refractivity contribution in [2.75, 3.05) is 6.61 Å². The molecule has 1 aliphatic rings. The zero-order valence-corrected chi connectivity index (χ0v) is 15.3. The summed E-state index contributed by atoms with van der Waals surface area (Å²) >= 11 is 0. The van der Waals surface area contributed by atoms with E-state index in [1.807, 2.05) is 60.7 Å². The van der Waals surface area contributed by atoms with Crippen LogP contribution in [-0.2, 0) is 37.0 Å². The molecule has 142 valence electrons. The summed E-state index contributed by atoms with van der Waals surface area (Å²) in [5.74, 6) is -0.358. The third kappa shape index (κ3) is 5.94. The van der Waals surface area contributed by atoms with Crippen LogP contribution >= 0.6 is 0 Å². The SMILES string of the molecule is CC(=O)O[C@@H]1C=CO[C@H](COCc2ccccc2)[C@@H]1OCc1ccccc1. The molecule has 0 saturated heterocycles. The lowest BCUT2D eigenvalue weighted by Crippen LogP contribution is -2.46. The van der Waals surface area contributed by atoms with Crippen molar-refractivity contribution in [3.63, 3.8) is 0 Å². The van der Waals surface area contributed by atoms with Gasteiger partial charge in [-0.2, -0.15) is 0 Å². The van der Waals surface area contributed by atoms with E-state index in [-0.39, 0.29) is 12.1 Å². The van der Waals surface area contributed by atoms with Gasteiger partial charge in [0.2, 0.25) is 0 Å². The minimum absolute atomic E-state index is 0.330. The van der Waals surface area contributed by atoms with Gasteiger partial charge in [-0.3, -0.25) is 4.79 Å². The Kier molecular flexibility index (Phi) is 7.02. The first-order chi connectivity index (χ1) is 13.2. The van der Waals surface area contributed by atoms with E-state index in [0.29, 0.717) is 19.8 Å². The summed E-state index contributed by atoms with van der Waals surface area (Å²) in [6.07, 6.45) is 1.92. The second-order valence-electron chi connectivity index (χ2n) is 6.34. The lowest BCUT2D eigenvalue weighted by molar-refractivity contribution is -0.167. The molecule has 5 heteroatoms. The van der Waals surface area contributed by atoms with Crippen LogP contribution in [0.15, 0.2) is 73.0 Å². The van der Waals surface area contributed by atoms with Gasteiger partial charge in [0, 0.05) is 6.92 Å². The number of benzene rings is 2. The molecule has 0 radical (unpaired) electrons. The van der Waals surface area contributed by atoms with Crippen molar-refractivity contribution in [1.29, 1.82) is 0 Å². The quantitative estimate of drug-likeness (QED) is 0.666. The second kappa shape index (κ2) is 9.90. The Morgan fingerprint density at radius 3 is 2.22 bits per heavy atom. The molecule has 0 unspecified atom stereocenters. The maximum Gasteiger partial charge on any atom is 0.303 e. The number of hydrogen-bond acceptors (Lipinski definition) is 5. The minimum Gasteiger partial charge on any atom is -0.493 e. The Hall–Kier alpha value is -2.63. The first-order valence-corrected chi connectivity index (χ1v) is 8.99. The Balaban J connectivity index is 1.61. The molecule has 27 heavy (non-hydrogen) atoms. The van der Waals surface area contributed by atoms with Crippen LogP contribution < -0.4 is 0 Å². The monoisotopic (exact) mass is 368 g/mol. The van der Waals surface area contributed by atoms with Gasteiger partial charge in [-0.1, -0.05) is 60.7 Å². The summed E-state index contributed by atoms with van der Waals surface area (Å²) in [6, 6.07) is 19.8. The van der Waals surface area contributed by atoms with Crippen LogP contribution in [0.3, 0.4) is 0 Å². The normalized spacial score (nSPS) is 21.4. The smallest absolute Gasteiger partial charge is 0.303 e. The molecule has 5 nitrogen and oxygen atoms in total. The third-order valence-corrected chi connectivity index (χ3v) is 4.19. The predicted molar refractivity (Wildman–Crippen MR) is 101 cm³/mol. The fourth-order valence-corrected chi connectivity index (χ4v) is 2.89. The van der Waals surface area contributed by atoms with E-state index in [0.717, 1.165) is 11.1 Å². The molecule has 0 spiro atoms. The van der Waals surface area contributed by atoms with E-state index in [1.54, 1.807) is 12.3 Å². The van der Waals surface area contributed by atoms with E-state index < -0.39 is 12.2 Å². The number of carbonyl (C=O) groups excluding carboxylic acids is 1. The number of esters is 1. The third-order valence-electron chi connectivity index (χ3n) is 4.19. The summed E-state index contributed by atoms with van der Waals surface area (Å²) in [4.78, 5) is 11.5. The Morgan fingerprint density at radius 2 is 1.59 bits per heavy atom. The Labute approximate surface area is 159 Å². The van der Waals surface area contributed by atoms with Crippen LogP contribution in [0.2, 0.25) is 0 Å². The van der Waals surface area contributed by atoms with Crippen LogP contribution in [0.25, 0.3) is 0 Å². The fraction of sp³-hybridized carbons (Fsp3) is 0.318. The van der Waals surface area contributed by atoms with E-state index >= 15 is 0 Å². The van der Waals surface area contributed by atoms with Gasteiger partial charge in [-0.15, -0.1) is 0 Å². The Bertz CT molecular complexity index is 729. The van der Waals surface area contributed by atoms with E-state index in [9.17, 15) is 4.79 Å². The van der Waals surface area contributed by atoms with Gasteiger partial charge in [0.15, 0.2) is 12.2 Å². The lowest BCUT2D eigenvalue weighted by atomic mass is 10.1. The first kappa shape index (κ1) is 19.1. The molecule has 0 saturated carbocycles. The van der Waals surface area contributed by atoms with Gasteiger partial charge in [0.25, 0.3) is 0 Å². The molecule has 0 amide bonds. The van der Waals surface area contributed by atoms with Gasteiger partial charge in [-0.25, -0.2) is 0 Å². The molecular formula is C22H24O5. The molecule has 1 heterocycles. The average molecular weight is 368 g/mol. The largest absolute Gasteiger partial charge is 0.493 e. The lowest BCUT2D eigenvalue weighted by Gasteiger charge is -2.34. The topological polar surface area (TPSA) is 54.0 Å². The molecule has 3 atom stereocenters. The van der Waals surface area contributed by atoms with Crippen molar-refractivity contribution in [3.8, 4) is 0 Å². The number of rotatable bonds is 8. The minimum atomic E-state index is -0.509. The summed E-state index contributed by atoms with van der Waals surface area (Å²) in [7, 11) is 0. The molecular weight excluding hydrogens is 344 g/mol. The molecule has 1 aliphatic heterocycles. The summed E-state index contributed by atoms with van der Waals surface area (Å²) < 4.78 is 23.0. The average Bonchev–Trinajstić information content (AvgIpc) is 2.68. The van der Waals surface area contributed by atoms with Crippen LogP contribution in [-0.4, -0.2) is 30.9 Å². The van der Waals surface area contributed by atoms with E-state index in [1.165, 1.54) is 6.92 Å². The fourth-order valence-electron chi connectivity index (χ4n) is 2.89. The molecule has 0 aromatic heterocycles. The number of carbonyl (C=O) groups is 1. The van der Waals surface area contributed by atoms with Crippen molar-refractivity contribution in [2.24, 2.45) is 0 Å². The molecule has 2 aromatic rings. The van der Waals surface area contributed by atoms with Gasteiger partial charge in [-0.05, 0) is 17.2 Å². The van der Waals surface area contributed by atoms with E-state index in [4.69, 9.17) is 18.9 Å². The van der Waals surface area contributed by atoms with Crippen LogP contribution in [0.5, 0.6) is 0 Å². The zero-order valence-electron chi connectivity index (χ0n) is 15.3. The van der Waals surface area contributed by atoms with Crippen molar-refractivity contribution in [3.05, 3.63) is 84.1 Å². The highest BCUT2D eigenvalue weighted by molar-refractivity contribution is 5.66. The second-order valence-corrected chi connectivity index (χ2v) is 6.34. The Morgan fingerprint density at radius 1 is 0.963 bits per heavy atom. The van der Waals surface area contributed by atoms with Crippen molar-refractivity contribution in [2.45, 2.75) is 38.4 Å². The van der Waals surface area contributed by atoms with Gasteiger partial charge in [0.05, 0.1) is 26.1 Å². The maximum absolute atomic E-state index is 11.5. The van der Waals surface area contributed by atoms with Gasteiger partial charge >= 0.3 is 5.97 Å². The van der Waals surface area contributed by atoms with Gasteiger partial charge in [0.1, 0.15) is 6.10 Å². The first-order valence-electron chi connectivity index (χ1n) is 8.99. The highest BCUT2D eigenvalue weighted by Gasteiger charge is 2.35. The molecule has 0 fully saturated rings. The molecule has 2 aromatic carbocycles. The number of hydrogen-bond donors (Lipinski definition) is 0. The molecule has 0 N–H and O–H groups in total. The van der Waals surface area contributed by atoms with Gasteiger partial charge < -0.3 is 18.9 Å². The summed E-state index contributed by atoms with van der Waals surface area (Å²) in [6.45, 7) is 2.60. The van der Waals surface area contributed by atoms with Crippen molar-refractivity contribution >= 4 is 5.97 Å². The predicted octanol–water partition coefficient (Wildman–Crippen LogP) is 3.63. The zero-order chi connectivity index (χ0) is 18.9. The van der Waals surface area contributed by atoms with Crippen LogP contribution in [0, 0.1) is 0 Å². The summed E-state index contributed by atoms with van der Waals surface area (Å²) in [5.41, 5.74) is 2.12. The van der Waals surface area contributed by atoms with E-state index in [2.05, 4.69) is 0 Å². The summed E-state index contributed by atoms with van der Waals surface area (Å²) in [5, 5.41) is 0. The van der Waals surface area contributed by atoms with Crippen molar-refractivity contribution < 1.29 is 23.7 Å².